The Morgan fingerprint density at radius 2 is 2.07 bits per heavy atom. The number of nitrogens with zero attached hydrogens (tertiary/aromatic N) is 4. The largest absolute Gasteiger partial charge is 0.420 e. The molecule has 3 heterocycles. The highest BCUT2D eigenvalue weighted by Crippen LogP contribution is 2.26. The molecular formula is C22H23N5O2S. The minimum Gasteiger partial charge on any atom is -0.420 e. The summed E-state index contributed by atoms with van der Waals surface area (Å²) in [5, 5.41) is 17.7. The van der Waals surface area contributed by atoms with Gasteiger partial charge in [0.2, 0.25) is 5.89 Å². The van der Waals surface area contributed by atoms with Crippen LogP contribution in [-0.4, -0.2) is 32.4 Å². The summed E-state index contributed by atoms with van der Waals surface area (Å²) in [4.78, 5) is 13.9. The van der Waals surface area contributed by atoms with E-state index in [1.165, 1.54) is 4.88 Å². The Labute approximate surface area is 178 Å². The average Bonchev–Trinajstić information content (AvgIpc) is 3.48. The van der Waals surface area contributed by atoms with Gasteiger partial charge in [0.1, 0.15) is 5.69 Å². The Morgan fingerprint density at radius 1 is 1.20 bits per heavy atom. The van der Waals surface area contributed by atoms with Gasteiger partial charge in [0, 0.05) is 29.6 Å². The lowest BCUT2D eigenvalue weighted by Crippen LogP contribution is -2.25. The van der Waals surface area contributed by atoms with Crippen LogP contribution in [0.4, 0.5) is 0 Å². The number of rotatable bonds is 7. The van der Waals surface area contributed by atoms with Crippen molar-refractivity contribution in [3.05, 3.63) is 69.9 Å². The van der Waals surface area contributed by atoms with E-state index in [1.807, 2.05) is 46.5 Å². The molecule has 0 spiro atoms. The average molecular weight is 422 g/mol. The molecule has 0 saturated heterocycles. The Hall–Kier alpha value is -3.26. The van der Waals surface area contributed by atoms with E-state index in [-0.39, 0.29) is 11.8 Å². The first-order chi connectivity index (χ1) is 14.5. The van der Waals surface area contributed by atoms with E-state index < -0.39 is 0 Å². The van der Waals surface area contributed by atoms with Crippen LogP contribution >= 0.6 is 11.3 Å². The molecule has 1 aromatic carbocycles. The second-order valence-corrected chi connectivity index (χ2v) is 8.32. The fourth-order valence-corrected chi connectivity index (χ4v) is 3.86. The van der Waals surface area contributed by atoms with E-state index in [4.69, 9.17) is 4.42 Å². The summed E-state index contributed by atoms with van der Waals surface area (Å²) in [5.41, 5.74) is 3.02. The van der Waals surface area contributed by atoms with Crippen molar-refractivity contribution >= 4 is 17.2 Å². The predicted molar refractivity (Wildman–Crippen MR) is 116 cm³/mol. The number of thiophene rings is 1. The number of hydrogen-bond donors (Lipinski definition) is 1. The number of benzene rings is 1. The standard InChI is InChI=1S/C22H23N5O2S/c1-14(2)20-13-19(22-25-24-15(3)29-22)26-27(20)17-7-4-6-16(12-17)21(28)23-10-9-18-8-5-11-30-18/h4-8,11-14H,9-10H2,1-3H3,(H,23,28). The van der Waals surface area contributed by atoms with E-state index >= 15 is 0 Å². The summed E-state index contributed by atoms with van der Waals surface area (Å²) in [5.74, 6) is 1.00. The molecule has 7 nitrogen and oxygen atoms in total. The molecule has 0 aliphatic heterocycles. The van der Waals surface area contributed by atoms with Crippen LogP contribution < -0.4 is 5.32 Å². The summed E-state index contributed by atoms with van der Waals surface area (Å²) >= 11 is 1.70. The minimum atomic E-state index is -0.0978. The zero-order chi connectivity index (χ0) is 21.1. The van der Waals surface area contributed by atoms with Crippen LogP contribution in [0.15, 0.2) is 52.3 Å². The van der Waals surface area contributed by atoms with Crippen LogP contribution in [0.1, 0.15) is 46.6 Å². The zero-order valence-corrected chi connectivity index (χ0v) is 17.9. The minimum absolute atomic E-state index is 0.0978. The van der Waals surface area contributed by atoms with Crippen LogP contribution in [0, 0.1) is 6.92 Å². The van der Waals surface area contributed by atoms with Gasteiger partial charge in [0.25, 0.3) is 11.8 Å². The Morgan fingerprint density at radius 3 is 2.77 bits per heavy atom. The number of carbonyl (C=O) groups is 1. The molecule has 4 aromatic rings. The predicted octanol–water partition coefficient (Wildman–Crippen LogP) is 4.39. The number of nitrogens with one attached hydrogen (secondary N) is 1. The summed E-state index contributed by atoms with van der Waals surface area (Å²) in [6, 6.07) is 13.5. The van der Waals surface area contributed by atoms with Gasteiger partial charge >= 0.3 is 0 Å². The maximum Gasteiger partial charge on any atom is 0.268 e. The zero-order valence-electron chi connectivity index (χ0n) is 17.1. The van der Waals surface area contributed by atoms with Crippen LogP contribution in [0.5, 0.6) is 0 Å². The van der Waals surface area contributed by atoms with Crippen molar-refractivity contribution in [3.63, 3.8) is 0 Å². The van der Waals surface area contributed by atoms with Gasteiger partial charge in [0.15, 0.2) is 0 Å². The quantitative estimate of drug-likeness (QED) is 0.478. The van der Waals surface area contributed by atoms with Gasteiger partial charge in [-0.25, -0.2) is 4.68 Å². The third kappa shape index (κ3) is 4.33. The molecule has 0 unspecified atom stereocenters. The van der Waals surface area contributed by atoms with Crippen LogP contribution in [-0.2, 0) is 6.42 Å². The lowest BCUT2D eigenvalue weighted by Gasteiger charge is -2.11. The molecule has 1 amide bonds. The van der Waals surface area contributed by atoms with Crippen molar-refractivity contribution in [3.8, 4) is 17.3 Å². The molecule has 4 rings (SSSR count). The van der Waals surface area contributed by atoms with E-state index in [2.05, 4.69) is 40.5 Å². The van der Waals surface area contributed by atoms with Crippen LogP contribution in [0.2, 0.25) is 0 Å². The number of aryl methyl sites for hydroxylation is 1. The molecule has 0 atom stereocenters. The highest BCUT2D eigenvalue weighted by molar-refractivity contribution is 7.09. The molecule has 154 valence electrons. The lowest BCUT2D eigenvalue weighted by molar-refractivity contribution is 0.0954. The summed E-state index contributed by atoms with van der Waals surface area (Å²) in [7, 11) is 0. The maximum absolute atomic E-state index is 12.6. The van der Waals surface area contributed by atoms with Crippen molar-refractivity contribution in [2.75, 3.05) is 6.54 Å². The molecule has 0 aliphatic carbocycles. The Balaban J connectivity index is 1.56. The van der Waals surface area contributed by atoms with Gasteiger partial charge in [-0.2, -0.15) is 5.10 Å². The molecule has 0 aliphatic rings. The highest BCUT2D eigenvalue weighted by atomic mass is 32.1. The normalized spacial score (nSPS) is 11.2. The third-order valence-electron chi connectivity index (χ3n) is 4.66. The van der Waals surface area contributed by atoms with E-state index in [0.717, 1.165) is 17.8 Å². The maximum atomic E-state index is 12.6. The molecule has 1 N–H and O–H groups in total. The molecule has 0 saturated carbocycles. The van der Waals surface area contributed by atoms with Gasteiger partial charge in [-0.1, -0.05) is 26.0 Å². The number of carbonyl (C=O) groups excluding carboxylic acids is 1. The molecule has 8 heteroatoms. The highest BCUT2D eigenvalue weighted by Gasteiger charge is 2.18. The number of hydrogen-bond acceptors (Lipinski definition) is 6. The van der Waals surface area contributed by atoms with Gasteiger partial charge < -0.3 is 9.73 Å². The molecule has 0 fully saturated rings. The Bertz CT molecular complexity index is 1140. The number of aromatic nitrogens is 4. The lowest BCUT2D eigenvalue weighted by atomic mass is 10.1. The van der Waals surface area contributed by atoms with E-state index in [9.17, 15) is 4.79 Å². The molecule has 0 bridgehead atoms. The van der Waals surface area contributed by atoms with Crippen molar-refractivity contribution in [1.29, 1.82) is 0 Å². The monoisotopic (exact) mass is 421 g/mol. The fourth-order valence-electron chi connectivity index (χ4n) is 3.15. The van der Waals surface area contributed by atoms with Crippen molar-refractivity contribution in [1.82, 2.24) is 25.3 Å². The van der Waals surface area contributed by atoms with E-state index in [1.54, 1.807) is 18.3 Å². The summed E-state index contributed by atoms with van der Waals surface area (Å²) < 4.78 is 7.36. The Kier molecular flexibility index (Phi) is 5.76. The van der Waals surface area contributed by atoms with Crippen molar-refractivity contribution < 1.29 is 9.21 Å². The van der Waals surface area contributed by atoms with Gasteiger partial charge in [0.05, 0.1) is 5.69 Å². The summed E-state index contributed by atoms with van der Waals surface area (Å²) in [6.45, 7) is 6.54. The van der Waals surface area contributed by atoms with Crippen LogP contribution in [0.25, 0.3) is 17.3 Å². The first-order valence-corrected chi connectivity index (χ1v) is 10.7. The molecule has 30 heavy (non-hydrogen) atoms. The van der Waals surface area contributed by atoms with Crippen molar-refractivity contribution in [2.24, 2.45) is 0 Å². The second kappa shape index (κ2) is 8.62. The van der Waals surface area contributed by atoms with E-state index in [0.29, 0.717) is 29.6 Å². The summed E-state index contributed by atoms with van der Waals surface area (Å²) in [6.07, 6.45) is 0.826. The number of amides is 1. The molecule has 0 radical (unpaired) electrons. The topological polar surface area (TPSA) is 85.8 Å². The first-order valence-electron chi connectivity index (χ1n) is 9.82. The molecule has 3 aromatic heterocycles. The third-order valence-corrected chi connectivity index (χ3v) is 5.60. The SMILES string of the molecule is Cc1nnc(-c2cc(C(C)C)n(-c3cccc(C(=O)NCCc4cccs4)c3)n2)o1. The molecular weight excluding hydrogens is 398 g/mol. The first kappa shape index (κ1) is 20.0. The van der Waals surface area contributed by atoms with Gasteiger partial charge in [-0.3, -0.25) is 4.79 Å². The smallest absolute Gasteiger partial charge is 0.268 e. The fraction of sp³-hybridized carbons (Fsp3) is 0.273. The van der Waals surface area contributed by atoms with Gasteiger partial charge in [-0.15, -0.1) is 21.5 Å². The van der Waals surface area contributed by atoms with Crippen molar-refractivity contribution in [2.45, 2.75) is 33.1 Å². The van der Waals surface area contributed by atoms with Crippen LogP contribution in [0.3, 0.4) is 0 Å². The van der Waals surface area contributed by atoms with Gasteiger partial charge in [-0.05, 0) is 48.1 Å². The second-order valence-electron chi connectivity index (χ2n) is 7.28.